The largest absolute Gasteiger partial charge is 0.338 e. The molecule has 1 amide bonds. The Bertz CT molecular complexity index is 620. The Labute approximate surface area is 132 Å². The van der Waals surface area contributed by atoms with E-state index >= 15 is 0 Å². The summed E-state index contributed by atoms with van der Waals surface area (Å²) in [5.74, 6) is -0.108. The minimum atomic E-state index is -3.40. The van der Waals surface area contributed by atoms with Crippen LogP contribution in [-0.4, -0.2) is 51.2 Å². The molecule has 1 aromatic rings. The summed E-state index contributed by atoms with van der Waals surface area (Å²) in [6, 6.07) is 6.99. The number of likely N-dealkylation sites (tertiary alicyclic amines) is 1. The van der Waals surface area contributed by atoms with Gasteiger partial charge in [-0.2, -0.15) is 0 Å². The molecule has 1 aliphatic rings. The maximum atomic E-state index is 12.7. The first-order valence-corrected chi connectivity index (χ1v) is 9.43. The average Bonchev–Trinajstić information content (AvgIpc) is 2.54. The van der Waals surface area contributed by atoms with Crippen LogP contribution in [-0.2, 0) is 9.84 Å². The van der Waals surface area contributed by atoms with Gasteiger partial charge in [0.2, 0.25) is 0 Å². The van der Waals surface area contributed by atoms with Gasteiger partial charge in [-0.05, 0) is 38.4 Å². The smallest absolute Gasteiger partial charge is 0.255 e. The monoisotopic (exact) mass is 324 g/mol. The number of carbonyl (C=O) groups excluding carboxylic acids is 1. The van der Waals surface area contributed by atoms with Gasteiger partial charge in [-0.25, -0.2) is 8.42 Å². The van der Waals surface area contributed by atoms with Crippen LogP contribution in [0.4, 0.5) is 0 Å². The lowest BCUT2D eigenvalue weighted by molar-refractivity contribution is 0.0703. The van der Waals surface area contributed by atoms with E-state index in [1.807, 2.05) is 14.0 Å². The van der Waals surface area contributed by atoms with Crippen molar-refractivity contribution in [2.75, 3.05) is 25.9 Å². The quantitative estimate of drug-likeness (QED) is 0.895. The first-order chi connectivity index (χ1) is 10.5. The fourth-order valence-corrected chi connectivity index (χ4v) is 4.37. The van der Waals surface area contributed by atoms with Gasteiger partial charge in [-0.1, -0.05) is 19.1 Å². The Morgan fingerprint density at radius 2 is 1.91 bits per heavy atom. The number of piperidine rings is 1. The van der Waals surface area contributed by atoms with Crippen molar-refractivity contribution in [3.05, 3.63) is 29.8 Å². The summed E-state index contributed by atoms with van der Waals surface area (Å²) >= 11 is 0. The van der Waals surface area contributed by atoms with E-state index in [0.717, 1.165) is 12.8 Å². The Balaban J connectivity index is 2.24. The van der Waals surface area contributed by atoms with Crippen molar-refractivity contribution >= 4 is 15.7 Å². The van der Waals surface area contributed by atoms with E-state index < -0.39 is 9.84 Å². The number of benzene rings is 1. The molecule has 0 bridgehead atoms. The van der Waals surface area contributed by atoms with Gasteiger partial charge in [-0.3, -0.25) is 4.79 Å². The Morgan fingerprint density at radius 1 is 1.27 bits per heavy atom. The number of nitrogens with zero attached hydrogens (tertiary/aromatic N) is 1. The van der Waals surface area contributed by atoms with Crippen LogP contribution in [0.1, 0.15) is 36.5 Å². The molecule has 1 heterocycles. The van der Waals surface area contributed by atoms with Crippen LogP contribution < -0.4 is 5.32 Å². The number of sulfone groups is 1. The first-order valence-electron chi connectivity index (χ1n) is 7.78. The van der Waals surface area contributed by atoms with Crippen LogP contribution in [0.3, 0.4) is 0 Å². The fraction of sp³-hybridized carbons (Fsp3) is 0.562. The van der Waals surface area contributed by atoms with E-state index in [0.29, 0.717) is 31.1 Å². The molecule has 22 heavy (non-hydrogen) atoms. The fourth-order valence-electron chi connectivity index (χ4n) is 2.83. The molecule has 6 heteroatoms. The van der Waals surface area contributed by atoms with E-state index in [-0.39, 0.29) is 16.6 Å². The third-order valence-electron chi connectivity index (χ3n) is 4.12. The highest BCUT2D eigenvalue weighted by molar-refractivity contribution is 7.91. The normalized spacial score (nSPS) is 16.7. The highest BCUT2D eigenvalue weighted by Crippen LogP contribution is 2.21. The van der Waals surface area contributed by atoms with Gasteiger partial charge < -0.3 is 10.2 Å². The number of amides is 1. The molecule has 0 radical (unpaired) electrons. The highest BCUT2D eigenvalue weighted by atomic mass is 32.2. The average molecular weight is 324 g/mol. The molecule has 0 aromatic heterocycles. The van der Waals surface area contributed by atoms with E-state index in [1.54, 1.807) is 29.2 Å². The van der Waals surface area contributed by atoms with Gasteiger partial charge in [0.05, 0.1) is 16.2 Å². The second-order valence-corrected chi connectivity index (χ2v) is 7.75. The summed E-state index contributed by atoms with van der Waals surface area (Å²) in [6.07, 6.45) is 2.33. The van der Waals surface area contributed by atoms with Gasteiger partial charge in [-0.15, -0.1) is 0 Å². The molecule has 1 aliphatic heterocycles. The summed E-state index contributed by atoms with van der Waals surface area (Å²) in [5, 5.41) is 3.22. The van der Waals surface area contributed by atoms with Crippen LogP contribution in [0.15, 0.2) is 29.2 Å². The maximum Gasteiger partial charge on any atom is 0.255 e. The third-order valence-corrected chi connectivity index (χ3v) is 6.09. The van der Waals surface area contributed by atoms with E-state index in [2.05, 4.69) is 5.32 Å². The van der Waals surface area contributed by atoms with Gasteiger partial charge in [0.15, 0.2) is 9.84 Å². The lowest BCUT2D eigenvalue weighted by Crippen LogP contribution is -2.44. The van der Waals surface area contributed by atoms with Crippen molar-refractivity contribution in [1.82, 2.24) is 10.2 Å². The van der Waals surface area contributed by atoms with Crippen molar-refractivity contribution in [2.45, 2.75) is 37.1 Å². The molecule has 1 N–H and O–H groups in total. The molecule has 0 saturated carbocycles. The molecule has 2 rings (SSSR count). The van der Waals surface area contributed by atoms with Gasteiger partial charge >= 0.3 is 0 Å². The van der Waals surface area contributed by atoms with Gasteiger partial charge in [0.25, 0.3) is 5.91 Å². The lowest BCUT2D eigenvalue weighted by atomic mass is 10.0. The van der Waals surface area contributed by atoms with Gasteiger partial charge in [0.1, 0.15) is 0 Å². The number of nitrogens with one attached hydrogen (secondary N) is 1. The number of rotatable bonds is 5. The molecule has 1 fully saturated rings. The predicted octanol–water partition coefficient (Wildman–Crippen LogP) is 1.69. The summed E-state index contributed by atoms with van der Waals surface area (Å²) in [5.41, 5.74) is 0.304. The molecular weight excluding hydrogens is 300 g/mol. The first kappa shape index (κ1) is 17.0. The molecule has 0 unspecified atom stereocenters. The van der Waals surface area contributed by atoms with Crippen LogP contribution in [0.2, 0.25) is 0 Å². The second-order valence-electron chi connectivity index (χ2n) is 5.67. The molecule has 0 atom stereocenters. The maximum absolute atomic E-state index is 12.7. The van der Waals surface area contributed by atoms with Crippen LogP contribution >= 0.6 is 0 Å². The molecule has 0 spiro atoms. The lowest BCUT2D eigenvalue weighted by Gasteiger charge is -2.32. The minimum absolute atomic E-state index is 0.0686. The topological polar surface area (TPSA) is 66.5 Å². The highest BCUT2D eigenvalue weighted by Gasteiger charge is 2.27. The van der Waals surface area contributed by atoms with E-state index in [1.165, 1.54) is 0 Å². The summed E-state index contributed by atoms with van der Waals surface area (Å²) in [6.45, 7) is 3.14. The van der Waals surface area contributed by atoms with Crippen molar-refractivity contribution in [2.24, 2.45) is 0 Å². The summed E-state index contributed by atoms with van der Waals surface area (Å²) < 4.78 is 24.7. The third kappa shape index (κ3) is 3.67. The van der Waals surface area contributed by atoms with Crippen LogP contribution in [0.25, 0.3) is 0 Å². The SMILES string of the molecule is CCCS(=O)(=O)c1ccccc1C(=O)N1CCC(NC)CC1. The molecule has 1 saturated heterocycles. The van der Waals surface area contributed by atoms with E-state index in [9.17, 15) is 13.2 Å². The Kier molecular flexibility index (Phi) is 5.58. The molecule has 0 aliphatic carbocycles. The standard InChI is InChI=1S/C16H24N2O3S/c1-3-12-22(20,21)15-7-5-4-6-14(15)16(19)18-10-8-13(17-2)9-11-18/h4-7,13,17H,3,8-12H2,1-2H3. The Morgan fingerprint density at radius 3 is 2.50 bits per heavy atom. The molecule has 122 valence electrons. The van der Waals surface area contributed by atoms with Gasteiger partial charge in [0, 0.05) is 19.1 Å². The van der Waals surface area contributed by atoms with E-state index in [4.69, 9.17) is 0 Å². The summed E-state index contributed by atoms with van der Waals surface area (Å²) in [7, 11) is -1.47. The van der Waals surface area contributed by atoms with Crippen molar-refractivity contribution in [3.8, 4) is 0 Å². The molecular formula is C16H24N2O3S. The summed E-state index contributed by atoms with van der Waals surface area (Å²) in [4.78, 5) is 14.6. The predicted molar refractivity (Wildman–Crippen MR) is 86.8 cm³/mol. The number of hydrogen-bond donors (Lipinski definition) is 1. The number of carbonyl (C=O) groups is 1. The van der Waals surface area contributed by atoms with Crippen LogP contribution in [0, 0.1) is 0 Å². The molecule has 5 nitrogen and oxygen atoms in total. The zero-order valence-corrected chi connectivity index (χ0v) is 14.0. The van der Waals surface area contributed by atoms with Crippen LogP contribution in [0.5, 0.6) is 0 Å². The zero-order valence-electron chi connectivity index (χ0n) is 13.2. The zero-order chi connectivity index (χ0) is 16.2. The number of hydrogen-bond acceptors (Lipinski definition) is 4. The van der Waals surface area contributed by atoms with Crippen molar-refractivity contribution in [3.63, 3.8) is 0 Å². The van der Waals surface area contributed by atoms with Crippen molar-refractivity contribution in [1.29, 1.82) is 0 Å². The Hall–Kier alpha value is -1.40. The molecule has 1 aromatic carbocycles. The van der Waals surface area contributed by atoms with Crippen molar-refractivity contribution < 1.29 is 13.2 Å². The second kappa shape index (κ2) is 7.24. The minimum Gasteiger partial charge on any atom is -0.338 e.